The van der Waals surface area contributed by atoms with Gasteiger partial charge in [-0.15, -0.1) is 0 Å². The number of carbonyl (C=O) groups excluding carboxylic acids is 1. The zero-order valence-corrected chi connectivity index (χ0v) is 19.3. The van der Waals surface area contributed by atoms with E-state index in [4.69, 9.17) is 13.9 Å². The van der Waals surface area contributed by atoms with Gasteiger partial charge in [-0.2, -0.15) is 0 Å². The van der Waals surface area contributed by atoms with Crippen LogP contribution in [-0.2, 0) is 0 Å². The van der Waals surface area contributed by atoms with Crippen LogP contribution >= 0.6 is 15.9 Å². The van der Waals surface area contributed by atoms with Crippen molar-refractivity contribution in [2.24, 2.45) is 0 Å². The molecule has 1 unspecified atom stereocenters. The minimum absolute atomic E-state index is 0.0188. The number of anilines is 1. The van der Waals surface area contributed by atoms with E-state index in [0.29, 0.717) is 32.4 Å². The number of methoxy groups -OCH3 is 2. The molecule has 166 valence electrons. The lowest BCUT2D eigenvalue weighted by molar-refractivity contribution is 0.0971. The van der Waals surface area contributed by atoms with E-state index in [1.807, 2.05) is 0 Å². The molecule has 2 heterocycles. The number of ether oxygens (including phenoxy) is 2. The Balaban J connectivity index is 1.83. The average Bonchev–Trinajstić information content (AvgIpc) is 3.13. The Kier molecular flexibility index (Phi) is 5.09. The van der Waals surface area contributed by atoms with E-state index in [9.17, 15) is 14.7 Å². The van der Waals surface area contributed by atoms with E-state index >= 15 is 0 Å². The largest absolute Gasteiger partial charge is 0.503 e. The summed E-state index contributed by atoms with van der Waals surface area (Å²) in [5.41, 5.74) is 1.36. The molecule has 1 N–H and O–H groups in total. The molecule has 0 bridgehead atoms. The van der Waals surface area contributed by atoms with Crippen LogP contribution in [0, 0.1) is 0 Å². The van der Waals surface area contributed by atoms with Gasteiger partial charge in [-0.3, -0.25) is 14.5 Å². The van der Waals surface area contributed by atoms with Crippen LogP contribution in [0.4, 0.5) is 5.69 Å². The van der Waals surface area contributed by atoms with Gasteiger partial charge in [0, 0.05) is 11.8 Å². The van der Waals surface area contributed by atoms with Crippen LogP contribution in [0.3, 0.4) is 0 Å². The quantitative estimate of drug-likeness (QED) is 0.416. The summed E-state index contributed by atoms with van der Waals surface area (Å²) in [6, 6.07) is 16.3. The predicted molar refractivity (Wildman–Crippen MR) is 126 cm³/mol. The van der Waals surface area contributed by atoms with Crippen molar-refractivity contribution in [1.29, 1.82) is 0 Å². The molecule has 8 heteroatoms. The Hall–Kier alpha value is -3.78. The standard InChI is InChI=1S/C25H18BrNO6/c1-31-15-7-5-6-14(12-15)27-21(13-10-17(26)23(29)19(11-13)32-2)20-22(28)16-8-3-4-9-18(16)33-24(20)25(27)30/h3-12,21,29H,1-2H3. The first kappa shape index (κ1) is 21.1. The summed E-state index contributed by atoms with van der Waals surface area (Å²) in [6.45, 7) is 0. The van der Waals surface area contributed by atoms with Crippen molar-refractivity contribution in [3.63, 3.8) is 0 Å². The number of phenolic OH excluding ortho intramolecular Hbond substituents is 1. The molecular formula is C25H18BrNO6. The van der Waals surface area contributed by atoms with Crippen LogP contribution in [0.5, 0.6) is 17.2 Å². The van der Waals surface area contributed by atoms with E-state index in [1.54, 1.807) is 60.7 Å². The van der Waals surface area contributed by atoms with Gasteiger partial charge in [0.2, 0.25) is 5.76 Å². The average molecular weight is 508 g/mol. The molecule has 0 radical (unpaired) electrons. The van der Waals surface area contributed by atoms with Gasteiger partial charge in [0.1, 0.15) is 11.3 Å². The minimum Gasteiger partial charge on any atom is -0.503 e. The van der Waals surface area contributed by atoms with Gasteiger partial charge in [0.15, 0.2) is 16.9 Å². The van der Waals surface area contributed by atoms with Gasteiger partial charge in [-0.1, -0.05) is 18.2 Å². The van der Waals surface area contributed by atoms with Crippen molar-refractivity contribution in [1.82, 2.24) is 0 Å². The number of nitrogens with zero attached hydrogens (tertiary/aromatic N) is 1. The number of aromatic hydroxyl groups is 1. The molecule has 5 rings (SSSR count). The lowest BCUT2D eigenvalue weighted by Gasteiger charge is -2.26. The maximum Gasteiger partial charge on any atom is 0.295 e. The number of hydrogen-bond donors (Lipinski definition) is 1. The second-order valence-electron chi connectivity index (χ2n) is 7.50. The molecule has 1 atom stereocenters. The van der Waals surface area contributed by atoms with Crippen LogP contribution < -0.4 is 19.8 Å². The summed E-state index contributed by atoms with van der Waals surface area (Å²) < 4.78 is 17.0. The lowest BCUT2D eigenvalue weighted by Crippen LogP contribution is -2.29. The summed E-state index contributed by atoms with van der Waals surface area (Å²) >= 11 is 3.34. The number of phenols is 1. The third kappa shape index (κ3) is 3.25. The number of para-hydroxylation sites is 1. The summed E-state index contributed by atoms with van der Waals surface area (Å²) in [5.74, 6) is 0.216. The molecule has 1 aliphatic heterocycles. The maximum absolute atomic E-state index is 13.6. The topological polar surface area (TPSA) is 89.2 Å². The van der Waals surface area contributed by atoms with E-state index in [2.05, 4.69) is 15.9 Å². The number of rotatable bonds is 4. The Morgan fingerprint density at radius 2 is 1.79 bits per heavy atom. The summed E-state index contributed by atoms with van der Waals surface area (Å²) in [6.07, 6.45) is 0. The maximum atomic E-state index is 13.6. The smallest absolute Gasteiger partial charge is 0.295 e. The van der Waals surface area contributed by atoms with Crippen molar-refractivity contribution in [3.05, 3.63) is 92.2 Å². The molecule has 7 nitrogen and oxygen atoms in total. The fraction of sp³-hybridized carbons (Fsp3) is 0.120. The Bertz CT molecular complexity index is 1480. The van der Waals surface area contributed by atoms with Gasteiger partial charge in [-0.25, -0.2) is 0 Å². The highest BCUT2D eigenvalue weighted by Gasteiger charge is 2.44. The zero-order valence-electron chi connectivity index (χ0n) is 17.7. The fourth-order valence-corrected chi connectivity index (χ4v) is 4.63. The van der Waals surface area contributed by atoms with Gasteiger partial charge in [0.05, 0.1) is 35.7 Å². The SMILES string of the molecule is COc1cccc(N2C(=O)c3oc4ccccc4c(=O)c3C2c2cc(Br)c(O)c(OC)c2)c1. The molecule has 1 aromatic heterocycles. The predicted octanol–water partition coefficient (Wildman–Crippen LogP) is 5.03. The first-order valence-corrected chi connectivity index (χ1v) is 10.8. The molecule has 0 fully saturated rings. The van der Waals surface area contributed by atoms with E-state index < -0.39 is 11.9 Å². The molecule has 0 saturated heterocycles. The summed E-state index contributed by atoms with van der Waals surface area (Å²) in [5, 5.41) is 10.7. The number of benzene rings is 3. The van der Waals surface area contributed by atoms with Gasteiger partial charge < -0.3 is 19.0 Å². The monoisotopic (exact) mass is 507 g/mol. The second kappa shape index (κ2) is 7.97. The number of hydrogen-bond acceptors (Lipinski definition) is 6. The Morgan fingerprint density at radius 3 is 2.55 bits per heavy atom. The van der Waals surface area contributed by atoms with Crippen LogP contribution in [0.1, 0.15) is 27.7 Å². The summed E-state index contributed by atoms with van der Waals surface area (Å²) in [7, 11) is 2.97. The fourth-order valence-electron chi connectivity index (χ4n) is 4.17. The highest BCUT2D eigenvalue weighted by Crippen LogP contribution is 2.45. The van der Waals surface area contributed by atoms with Crippen LogP contribution in [0.15, 0.2) is 74.3 Å². The highest BCUT2D eigenvalue weighted by atomic mass is 79.9. The van der Waals surface area contributed by atoms with Crippen LogP contribution in [-0.4, -0.2) is 25.2 Å². The Labute approximate surface area is 196 Å². The highest BCUT2D eigenvalue weighted by molar-refractivity contribution is 9.10. The normalized spacial score (nSPS) is 15.1. The molecular weight excluding hydrogens is 490 g/mol. The molecule has 1 amide bonds. The van der Waals surface area contributed by atoms with Crippen LogP contribution in [0.25, 0.3) is 11.0 Å². The first-order valence-electron chi connectivity index (χ1n) is 10.0. The molecule has 3 aromatic carbocycles. The third-order valence-corrected chi connectivity index (χ3v) is 6.30. The Morgan fingerprint density at radius 1 is 1.00 bits per heavy atom. The third-order valence-electron chi connectivity index (χ3n) is 5.70. The van der Waals surface area contributed by atoms with Crippen molar-refractivity contribution in [2.45, 2.75) is 6.04 Å². The molecule has 4 aromatic rings. The number of halogens is 1. The van der Waals surface area contributed by atoms with Crippen LogP contribution in [0.2, 0.25) is 0 Å². The van der Waals surface area contributed by atoms with Crippen molar-refractivity contribution in [2.75, 3.05) is 19.1 Å². The van der Waals surface area contributed by atoms with Gasteiger partial charge >= 0.3 is 0 Å². The van der Waals surface area contributed by atoms with Gasteiger partial charge in [-0.05, 0) is 57.9 Å². The summed E-state index contributed by atoms with van der Waals surface area (Å²) in [4.78, 5) is 28.7. The van der Waals surface area contributed by atoms with Crippen molar-refractivity contribution in [3.8, 4) is 17.2 Å². The van der Waals surface area contributed by atoms with Crippen molar-refractivity contribution >= 4 is 38.5 Å². The lowest BCUT2D eigenvalue weighted by atomic mass is 9.97. The minimum atomic E-state index is -0.814. The number of amides is 1. The van der Waals surface area contributed by atoms with E-state index in [1.165, 1.54) is 19.1 Å². The van der Waals surface area contributed by atoms with E-state index in [-0.39, 0.29) is 28.3 Å². The number of carbonyl (C=O) groups is 1. The molecule has 0 aliphatic carbocycles. The first-order chi connectivity index (χ1) is 15.9. The second-order valence-corrected chi connectivity index (χ2v) is 8.36. The van der Waals surface area contributed by atoms with E-state index in [0.717, 1.165) is 0 Å². The van der Waals surface area contributed by atoms with Gasteiger partial charge in [0.25, 0.3) is 5.91 Å². The molecule has 0 saturated carbocycles. The zero-order chi connectivity index (χ0) is 23.3. The molecule has 33 heavy (non-hydrogen) atoms. The van der Waals surface area contributed by atoms with Crippen molar-refractivity contribution < 1.29 is 23.8 Å². The number of fused-ring (bicyclic) bond motifs is 2. The molecule has 0 spiro atoms. The molecule has 1 aliphatic rings.